The van der Waals surface area contributed by atoms with E-state index in [9.17, 15) is 9.59 Å². The van der Waals surface area contributed by atoms with Crippen molar-refractivity contribution in [2.45, 2.75) is 104 Å². The summed E-state index contributed by atoms with van der Waals surface area (Å²) in [5, 5.41) is 3.15. The molecule has 0 aliphatic rings. The molecule has 0 atom stereocenters. The van der Waals surface area contributed by atoms with E-state index in [1.807, 2.05) is 48.5 Å². The molecule has 4 heteroatoms. The lowest BCUT2D eigenvalue weighted by molar-refractivity contribution is -0.135. The fraction of sp³-hybridized carbons (Fsp3) is 0.500. The number of rotatable bonds is 16. The third-order valence-corrected chi connectivity index (χ3v) is 6.73. The zero-order chi connectivity index (χ0) is 25.6. The Kier molecular flexibility index (Phi) is 11.8. The van der Waals surface area contributed by atoms with Gasteiger partial charge in [-0.3, -0.25) is 9.59 Å². The Morgan fingerprint density at radius 3 is 1.14 bits per heavy atom. The van der Waals surface area contributed by atoms with Gasteiger partial charge in [-0.2, -0.15) is 0 Å². The van der Waals surface area contributed by atoms with Gasteiger partial charge in [-0.25, -0.2) is 0 Å². The highest BCUT2D eigenvalue weighted by Gasteiger charge is 2.19. The molecule has 0 radical (unpaired) electrons. The van der Waals surface area contributed by atoms with Crippen molar-refractivity contribution in [2.75, 3.05) is 0 Å². The van der Waals surface area contributed by atoms with Crippen LogP contribution in [-0.2, 0) is 9.59 Å². The predicted octanol–water partition coefficient (Wildman–Crippen LogP) is 9.30. The van der Waals surface area contributed by atoms with Gasteiger partial charge in [-0.05, 0) is 12.8 Å². The van der Waals surface area contributed by atoms with Gasteiger partial charge in [0.15, 0.2) is 0 Å². The zero-order valence-corrected chi connectivity index (χ0v) is 22.2. The lowest BCUT2D eigenvalue weighted by Gasteiger charge is -2.16. The highest BCUT2D eigenvalue weighted by atomic mass is 16.5. The summed E-state index contributed by atoms with van der Waals surface area (Å²) in [6.07, 6.45) is 14.3. The van der Waals surface area contributed by atoms with Crippen molar-refractivity contribution < 1.29 is 19.1 Å². The SMILES string of the molecule is CCCCCCCCC(=O)Oc1c2ccccc2c(OC(=O)CCCCCCCC)c2ccccc12. The molecule has 0 fully saturated rings. The number of fused-ring (bicyclic) bond motifs is 2. The highest BCUT2D eigenvalue weighted by molar-refractivity contribution is 6.12. The maximum absolute atomic E-state index is 12.8. The molecule has 0 amide bonds. The van der Waals surface area contributed by atoms with E-state index in [0.29, 0.717) is 24.3 Å². The van der Waals surface area contributed by atoms with Gasteiger partial charge in [-0.1, -0.05) is 127 Å². The molecule has 0 saturated heterocycles. The molecule has 0 spiro atoms. The Morgan fingerprint density at radius 2 is 0.806 bits per heavy atom. The Labute approximate surface area is 216 Å². The van der Waals surface area contributed by atoms with Crippen LogP contribution in [0.2, 0.25) is 0 Å². The average molecular weight is 491 g/mol. The van der Waals surface area contributed by atoms with Gasteiger partial charge in [0.2, 0.25) is 0 Å². The van der Waals surface area contributed by atoms with Crippen LogP contribution < -0.4 is 9.47 Å². The highest BCUT2D eigenvalue weighted by Crippen LogP contribution is 2.43. The lowest BCUT2D eigenvalue weighted by Crippen LogP contribution is -2.10. The molecule has 0 aliphatic carbocycles. The maximum atomic E-state index is 12.8. The number of hydrogen-bond donors (Lipinski definition) is 0. The minimum Gasteiger partial charge on any atom is -0.425 e. The van der Waals surface area contributed by atoms with Crippen LogP contribution in [0.1, 0.15) is 104 Å². The molecular formula is C32H42O4. The second-order valence-electron chi connectivity index (χ2n) is 9.73. The number of carbonyl (C=O) groups is 2. The number of hydrogen-bond acceptors (Lipinski definition) is 4. The molecule has 36 heavy (non-hydrogen) atoms. The summed E-state index contributed by atoms with van der Waals surface area (Å²) in [7, 11) is 0. The van der Waals surface area contributed by atoms with E-state index in [0.717, 1.165) is 60.1 Å². The van der Waals surface area contributed by atoms with Gasteiger partial charge >= 0.3 is 11.9 Å². The first kappa shape index (κ1) is 27.7. The molecule has 0 bridgehead atoms. The third-order valence-electron chi connectivity index (χ3n) is 6.73. The van der Waals surface area contributed by atoms with E-state index in [-0.39, 0.29) is 11.9 Å². The van der Waals surface area contributed by atoms with Crippen LogP contribution in [-0.4, -0.2) is 11.9 Å². The summed E-state index contributed by atoms with van der Waals surface area (Å²) in [5.41, 5.74) is 0. The summed E-state index contributed by atoms with van der Waals surface area (Å²) in [6, 6.07) is 15.4. The normalized spacial score (nSPS) is 11.2. The molecule has 4 nitrogen and oxygen atoms in total. The van der Waals surface area contributed by atoms with Crippen LogP contribution in [0.5, 0.6) is 11.5 Å². The van der Waals surface area contributed by atoms with E-state index >= 15 is 0 Å². The Balaban J connectivity index is 1.75. The standard InChI is InChI=1S/C32H42O4/c1-3-5-7-9-11-13-23-29(33)35-31-25-19-15-17-21-27(25)32(28-22-18-16-20-26(28)31)36-30(34)24-14-12-10-8-6-4-2/h15-22H,3-14,23-24H2,1-2H3. The fourth-order valence-electron chi connectivity index (χ4n) is 4.70. The van der Waals surface area contributed by atoms with E-state index in [1.54, 1.807) is 0 Å². The Hall–Kier alpha value is -2.88. The smallest absolute Gasteiger partial charge is 0.311 e. The molecule has 0 aliphatic heterocycles. The molecule has 3 aromatic carbocycles. The van der Waals surface area contributed by atoms with Gasteiger partial charge in [0, 0.05) is 34.4 Å². The number of benzene rings is 3. The van der Waals surface area contributed by atoms with Crippen molar-refractivity contribution in [1.29, 1.82) is 0 Å². The minimum atomic E-state index is -0.214. The van der Waals surface area contributed by atoms with Crippen LogP contribution in [0.4, 0.5) is 0 Å². The number of esters is 2. The van der Waals surface area contributed by atoms with Gasteiger partial charge in [0.1, 0.15) is 11.5 Å². The van der Waals surface area contributed by atoms with Gasteiger partial charge in [-0.15, -0.1) is 0 Å². The Morgan fingerprint density at radius 1 is 0.500 bits per heavy atom. The summed E-state index contributed by atoms with van der Waals surface area (Å²) in [6.45, 7) is 4.40. The summed E-state index contributed by atoms with van der Waals surface area (Å²) in [5.74, 6) is 0.669. The van der Waals surface area contributed by atoms with E-state index in [2.05, 4.69) is 13.8 Å². The quantitative estimate of drug-likeness (QED) is 0.0868. The Bertz CT molecular complexity index is 973. The van der Waals surface area contributed by atoms with Crippen molar-refractivity contribution in [1.82, 2.24) is 0 Å². The first-order valence-corrected chi connectivity index (χ1v) is 14.0. The number of ether oxygens (including phenoxy) is 2. The molecule has 0 N–H and O–H groups in total. The number of unbranched alkanes of at least 4 members (excludes halogenated alkanes) is 10. The maximum Gasteiger partial charge on any atom is 0.311 e. The zero-order valence-electron chi connectivity index (χ0n) is 22.2. The monoisotopic (exact) mass is 490 g/mol. The molecule has 3 rings (SSSR count). The summed E-state index contributed by atoms with van der Waals surface area (Å²) >= 11 is 0. The van der Waals surface area contributed by atoms with Gasteiger partial charge in [0.25, 0.3) is 0 Å². The minimum absolute atomic E-state index is 0.214. The van der Waals surface area contributed by atoms with Gasteiger partial charge < -0.3 is 9.47 Å². The molecule has 0 saturated carbocycles. The third kappa shape index (κ3) is 8.08. The summed E-state index contributed by atoms with van der Waals surface area (Å²) < 4.78 is 11.9. The topological polar surface area (TPSA) is 52.6 Å². The van der Waals surface area contributed by atoms with E-state index in [1.165, 1.54) is 38.5 Å². The van der Waals surface area contributed by atoms with Crippen molar-refractivity contribution >= 4 is 33.5 Å². The molecule has 0 unspecified atom stereocenters. The van der Waals surface area contributed by atoms with Crippen molar-refractivity contribution in [2.24, 2.45) is 0 Å². The van der Waals surface area contributed by atoms with Crippen molar-refractivity contribution in [3.63, 3.8) is 0 Å². The first-order valence-electron chi connectivity index (χ1n) is 14.0. The van der Waals surface area contributed by atoms with Crippen LogP contribution in [0, 0.1) is 0 Å². The van der Waals surface area contributed by atoms with Crippen LogP contribution in [0.3, 0.4) is 0 Å². The molecule has 0 heterocycles. The van der Waals surface area contributed by atoms with Gasteiger partial charge in [0.05, 0.1) is 0 Å². The first-order chi connectivity index (χ1) is 17.7. The summed E-state index contributed by atoms with van der Waals surface area (Å²) in [4.78, 5) is 25.5. The molecular weight excluding hydrogens is 448 g/mol. The molecule has 3 aromatic rings. The van der Waals surface area contributed by atoms with Crippen LogP contribution >= 0.6 is 0 Å². The second-order valence-corrected chi connectivity index (χ2v) is 9.73. The van der Waals surface area contributed by atoms with Crippen LogP contribution in [0.15, 0.2) is 48.5 Å². The van der Waals surface area contributed by atoms with Crippen molar-refractivity contribution in [3.05, 3.63) is 48.5 Å². The van der Waals surface area contributed by atoms with E-state index < -0.39 is 0 Å². The lowest BCUT2D eigenvalue weighted by atomic mass is 10.0. The largest absolute Gasteiger partial charge is 0.425 e. The van der Waals surface area contributed by atoms with Crippen molar-refractivity contribution in [3.8, 4) is 11.5 Å². The predicted molar refractivity (Wildman–Crippen MR) is 149 cm³/mol. The van der Waals surface area contributed by atoms with E-state index in [4.69, 9.17) is 9.47 Å². The molecule has 0 aromatic heterocycles. The fourth-order valence-corrected chi connectivity index (χ4v) is 4.70. The average Bonchev–Trinajstić information content (AvgIpc) is 2.90. The molecule has 194 valence electrons. The second kappa shape index (κ2) is 15.3. The van der Waals surface area contributed by atoms with Crippen LogP contribution in [0.25, 0.3) is 21.5 Å². The number of carbonyl (C=O) groups excluding carboxylic acids is 2.